The molecule has 1 aromatic heterocycles. The Morgan fingerprint density at radius 1 is 1.03 bits per heavy atom. The number of amides is 1. The van der Waals surface area contributed by atoms with Crippen LogP contribution in [-0.4, -0.2) is 28.7 Å². The van der Waals surface area contributed by atoms with Gasteiger partial charge in [0.2, 0.25) is 0 Å². The lowest BCUT2D eigenvalue weighted by atomic mass is 9.90. The molecular weight excluding hydrogens is 392 g/mol. The predicted octanol–water partition coefficient (Wildman–Crippen LogP) is 4.50. The molecule has 0 radical (unpaired) electrons. The van der Waals surface area contributed by atoms with Crippen LogP contribution in [0.4, 0.5) is 5.69 Å². The average Bonchev–Trinajstić information content (AvgIpc) is 2.77. The standard InChI is InChI=1S/C25H24N2O4/c1-15(28)17-8-7-9-18(14-17)26-24(29)16(2)31-25(30)23-19-10-3-5-12-21(19)27-22-13-6-4-11-20(22)23/h3,5,7-10,12,14,16H,4,6,11,13H2,1-2H3,(H,26,29)/t16-/m0/s1. The molecule has 0 aliphatic heterocycles. The molecule has 0 bridgehead atoms. The van der Waals surface area contributed by atoms with Gasteiger partial charge in [-0.3, -0.25) is 14.6 Å². The van der Waals surface area contributed by atoms with Gasteiger partial charge in [0.25, 0.3) is 5.91 Å². The van der Waals surface area contributed by atoms with E-state index in [1.165, 1.54) is 13.8 Å². The van der Waals surface area contributed by atoms with Gasteiger partial charge in [0, 0.05) is 22.3 Å². The third-order valence-electron chi connectivity index (χ3n) is 5.56. The van der Waals surface area contributed by atoms with Gasteiger partial charge in [-0.25, -0.2) is 4.79 Å². The van der Waals surface area contributed by atoms with Gasteiger partial charge in [-0.05, 0) is 63.3 Å². The van der Waals surface area contributed by atoms with E-state index in [1.807, 2.05) is 24.3 Å². The molecule has 2 aromatic carbocycles. The number of hydrogen-bond donors (Lipinski definition) is 1. The summed E-state index contributed by atoms with van der Waals surface area (Å²) >= 11 is 0. The van der Waals surface area contributed by atoms with E-state index in [-0.39, 0.29) is 5.78 Å². The molecule has 1 amide bonds. The summed E-state index contributed by atoms with van der Waals surface area (Å²) in [6.07, 6.45) is 2.65. The second-order valence-electron chi connectivity index (χ2n) is 7.81. The third kappa shape index (κ3) is 4.33. The molecule has 1 aliphatic carbocycles. The van der Waals surface area contributed by atoms with Crippen molar-refractivity contribution in [3.63, 3.8) is 0 Å². The highest BCUT2D eigenvalue weighted by molar-refractivity contribution is 6.06. The first kappa shape index (κ1) is 20.7. The molecule has 0 fully saturated rings. The van der Waals surface area contributed by atoms with Crippen molar-refractivity contribution in [2.24, 2.45) is 0 Å². The van der Waals surface area contributed by atoms with Crippen LogP contribution in [-0.2, 0) is 22.4 Å². The van der Waals surface area contributed by atoms with Crippen LogP contribution in [0.2, 0.25) is 0 Å². The Hall–Kier alpha value is -3.54. The molecule has 0 saturated carbocycles. The molecule has 6 heteroatoms. The Labute approximate surface area is 180 Å². The summed E-state index contributed by atoms with van der Waals surface area (Å²) in [5, 5.41) is 3.46. The quantitative estimate of drug-likeness (QED) is 0.489. The van der Waals surface area contributed by atoms with E-state index >= 15 is 0 Å². The Bertz CT molecular complexity index is 1190. The summed E-state index contributed by atoms with van der Waals surface area (Å²) in [5.41, 5.74) is 4.11. The van der Waals surface area contributed by atoms with Gasteiger partial charge in [-0.2, -0.15) is 0 Å². The van der Waals surface area contributed by atoms with E-state index in [0.717, 1.165) is 47.8 Å². The van der Waals surface area contributed by atoms with Crippen LogP contribution in [0.3, 0.4) is 0 Å². The maximum atomic E-state index is 13.2. The topological polar surface area (TPSA) is 85.4 Å². The first-order chi connectivity index (χ1) is 14.9. The number of fused-ring (bicyclic) bond motifs is 2. The molecule has 1 atom stereocenters. The second kappa shape index (κ2) is 8.68. The highest BCUT2D eigenvalue weighted by atomic mass is 16.5. The van der Waals surface area contributed by atoms with E-state index in [2.05, 4.69) is 5.32 Å². The van der Waals surface area contributed by atoms with Gasteiger partial charge in [0.1, 0.15) is 0 Å². The number of aryl methyl sites for hydroxylation is 1. The van der Waals surface area contributed by atoms with Gasteiger partial charge in [-0.1, -0.05) is 30.3 Å². The zero-order valence-corrected chi connectivity index (χ0v) is 17.6. The van der Waals surface area contributed by atoms with Crippen LogP contribution in [0.25, 0.3) is 10.9 Å². The minimum Gasteiger partial charge on any atom is -0.449 e. The lowest BCUT2D eigenvalue weighted by molar-refractivity contribution is -0.123. The number of ketones is 1. The Kier molecular flexibility index (Phi) is 5.80. The molecule has 6 nitrogen and oxygen atoms in total. The number of aromatic nitrogens is 1. The number of carbonyl (C=O) groups is 3. The number of esters is 1. The van der Waals surface area contributed by atoms with Crippen molar-refractivity contribution in [3.8, 4) is 0 Å². The molecule has 3 aromatic rings. The van der Waals surface area contributed by atoms with Crippen LogP contribution >= 0.6 is 0 Å². The number of benzene rings is 2. The Morgan fingerprint density at radius 3 is 2.61 bits per heavy atom. The lowest BCUT2D eigenvalue weighted by Gasteiger charge is -2.21. The van der Waals surface area contributed by atoms with E-state index in [4.69, 9.17) is 9.72 Å². The van der Waals surface area contributed by atoms with E-state index in [1.54, 1.807) is 24.3 Å². The highest BCUT2D eigenvalue weighted by Gasteiger charge is 2.26. The first-order valence-corrected chi connectivity index (χ1v) is 10.5. The van der Waals surface area contributed by atoms with Crippen molar-refractivity contribution >= 4 is 34.3 Å². The number of nitrogens with one attached hydrogen (secondary N) is 1. The second-order valence-corrected chi connectivity index (χ2v) is 7.81. The number of para-hydroxylation sites is 1. The van der Waals surface area contributed by atoms with Crippen molar-refractivity contribution in [3.05, 3.63) is 70.9 Å². The van der Waals surface area contributed by atoms with Crippen LogP contribution in [0.5, 0.6) is 0 Å². The normalized spacial score (nSPS) is 13.9. The van der Waals surface area contributed by atoms with Crippen molar-refractivity contribution < 1.29 is 19.1 Å². The zero-order valence-electron chi connectivity index (χ0n) is 17.6. The number of rotatable bonds is 5. The summed E-state index contributed by atoms with van der Waals surface area (Å²) in [4.78, 5) is 42.1. The van der Waals surface area contributed by atoms with E-state index < -0.39 is 18.0 Å². The fourth-order valence-corrected chi connectivity index (χ4v) is 3.94. The van der Waals surface area contributed by atoms with Gasteiger partial charge in [0.15, 0.2) is 11.9 Å². The molecule has 158 valence electrons. The van der Waals surface area contributed by atoms with Crippen LogP contribution in [0.1, 0.15) is 58.7 Å². The fourth-order valence-electron chi connectivity index (χ4n) is 3.94. The maximum Gasteiger partial charge on any atom is 0.339 e. The number of Topliss-reactive ketones (excluding diaryl/α,β-unsaturated/α-hetero) is 1. The fraction of sp³-hybridized carbons (Fsp3) is 0.280. The summed E-state index contributed by atoms with van der Waals surface area (Å²) in [6, 6.07) is 14.2. The molecule has 4 rings (SSSR count). The summed E-state index contributed by atoms with van der Waals surface area (Å²) in [6.45, 7) is 3.00. The monoisotopic (exact) mass is 416 g/mol. The molecular formula is C25H24N2O4. The Morgan fingerprint density at radius 2 is 1.81 bits per heavy atom. The maximum absolute atomic E-state index is 13.2. The number of hydrogen-bond acceptors (Lipinski definition) is 5. The van der Waals surface area contributed by atoms with Gasteiger partial charge >= 0.3 is 5.97 Å². The molecule has 1 heterocycles. The third-order valence-corrected chi connectivity index (χ3v) is 5.56. The molecule has 0 unspecified atom stereocenters. The van der Waals surface area contributed by atoms with Crippen molar-refractivity contribution in [2.45, 2.75) is 45.6 Å². The van der Waals surface area contributed by atoms with E-state index in [9.17, 15) is 14.4 Å². The molecule has 1 N–H and O–H groups in total. The molecule has 1 aliphatic rings. The lowest BCUT2D eigenvalue weighted by Crippen LogP contribution is -2.30. The van der Waals surface area contributed by atoms with Crippen molar-refractivity contribution in [1.29, 1.82) is 0 Å². The minimum atomic E-state index is -1.00. The largest absolute Gasteiger partial charge is 0.449 e. The van der Waals surface area contributed by atoms with Gasteiger partial charge < -0.3 is 10.1 Å². The first-order valence-electron chi connectivity index (χ1n) is 10.5. The van der Waals surface area contributed by atoms with Crippen molar-refractivity contribution in [1.82, 2.24) is 4.98 Å². The van der Waals surface area contributed by atoms with Crippen LogP contribution in [0.15, 0.2) is 48.5 Å². The Balaban J connectivity index is 1.57. The molecule has 31 heavy (non-hydrogen) atoms. The van der Waals surface area contributed by atoms with Crippen LogP contribution in [0, 0.1) is 0 Å². The number of nitrogens with zero attached hydrogens (tertiary/aromatic N) is 1. The summed E-state index contributed by atoms with van der Waals surface area (Å²) in [5.74, 6) is -1.07. The number of pyridine rings is 1. The minimum absolute atomic E-state index is 0.0927. The predicted molar refractivity (Wildman–Crippen MR) is 118 cm³/mol. The van der Waals surface area contributed by atoms with Gasteiger partial charge in [0.05, 0.1) is 11.1 Å². The van der Waals surface area contributed by atoms with Crippen LogP contribution < -0.4 is 5.32 Å². The van der Waals surface area contributed by atoms with E-state index in [0.29, 0.717) is 16.8 Å². The summed E-state index contributed by atoms with van der Waals surface area (Å²) in [7, 11) is 0. The molecule has 0 spiro atoms. The molecule has 0 saturated heterocycles. The summed E-state index contributed by atoms with van der Waals surface area (Å²) < 4.78 is 5.58. The van der Waals surface area contributed by atoms with Crippen molar-refractivity contribution in [2.75, 3.05) is 5.32 Å². The average molecular weight is 416 g/mol. The SMILES string of the molecule is CC(=O)c1cccc(NC(=O)[C@H](C)OC(=O)c2c3c(nc4ccccc24)CCCC3)c1. The number of carbonyl (C=O) groups excluding carboxylic acids is 3. The smallest absolute Gasteiger partial charge is 0.339 e. The highest BCUT2D eigenvalue weighted by Crippen LogP contribution is 2.30. The number of ether oxygens (including phenoxy) is 1. The number of anilines is 1. The van der Waals surface area contributed by atoms with Gasteiger partial charge in [-0.15, -0.1) is 0 Å². The zero-order chi connectivity index (χ0) is 22.0.